The number of hydrogen-bond acceptors (Lipinski definition) is 7. The number of benzene rings is 6. The lowest BCUT2D eigenvalue weighted by atomic mass is 9.66. The third-order valence-corrected chi connectivity index (χ3v) is 10.7. The average molecular weight is 752 g/mol. The predicted molar refractivity (Wildman–Crippen MR) is 221 cm³/mol. The summed E-state index contributed by atoms with van der Waals surface area (Å²) in [5.41, 5.74) is 5.80. The molecule has 2 heterocycles. The van der Waals surface area contributed by atoms with Crippen molar-refractivity contribution in [2.45, 2.75) is 17.6 Å². The van der Waals surface area contributed by atoms with Crippen LogP contribution in [0.2, 0.25) is 0 Å². The quantitative estimate of drug-likeness (QED) is 0.0580. The number of nitrogens with one attached hydrogen (secondary N) is 2. The van der Waals surface area contributed by atoms with Crippen molar-refractivity contribution >= 4 is 28.1 Å². The Morgan fingerprint density at radius 3 is 1.46 bits per heavy atom. The van der Waals surface area contributed by atoms with Gasteiger partial charge in [0.05, 0.1) is 17.3 Å². The van der Waals surface area contributed by atoms with Gasteiger partial charge in [0.25, 0.3) is 0 Å². The maximum atomic E-state index is 12.7. The molecule has 0 amide bonds. The summed E-state index contributed by atoms with van der Waals surface area (Å²) in [6.45, 7) is -0.0504. The van der Waals surface area contributed by atoms with Crippen LogP contribution < -0.4 is 5.32 Å². The van der Waals surface area contributed by atoms with Crippen LogP contribution in [-0.2, 0) is 27.2 Å². The molecule has 0 saturated carbocycles. The molecule has 0 aliphatic rings. The molecule has 0 bridgehead atoms. The van der Waals surface area contributed by atoms with Gasteiger partial charge in [0.15, 0.2) is 5.13 Å². The minimum absolute atomic E-state index is 0.0504. The molecule has 0 atom stereocenters. The van der Waals surface area contributed by atoms with Crippen molar-refractivity contribution in [1.29, 1.82) is 0 Å². The number of thiazole rings is 1. The molecule has 6 aromatic carbocycles. The van der Waals surface area contributed by atoms with E-state index in [4.69, 9.17) is 9.82 Å². The Bertz CT molecular complexity index is 2330. The lowest BCUT2D eigenvalue weighted by Crippen LogP contribution is -2.38. The van der Waals surface area contributed by atoms with E-state index in [1.165, 1.54) is 11.3 Å². The molecule has 0 unspecified atom stereocenters. The molecule has 0 aliphatic carbocycles. The molecular weight excluding hydrogens is 715 g/mol. The summed E-state index contributed by atoms with van der Waals surface area (Å²) in [6.07, 6.45) is 1.70. The van der Waals surface area contributed by atoms with Crippen molar-refractivity contribution in [2.24, 2.45) is 5.16 Å². The fourth-order valence-corrected chi connectivity index (χ4v) is 8.24. The van der Waals surface area contributed by atoms with Crippen molar-refractivity contribution < 1.29 is 14.7 Å². The number of carbonyl (C=O) groups is 1. The summed E-state index contributed by atoms with van der Waals surface area (Å²) in [5, 5.41) is 28.3. The third-order valence-electron chi connectivity index (χ3n) is 9.95. The number of anilines is 1. The Balaban J connectivity index is 1.14. The van der Waals surface area contributed by atoms with E-state index in [2.05, 4.69) is 93.5 Å². The van der Waals surface area contributed by atoms with Crippen molar-refractivity contribution in [1.82, 2.24) is 15.2 Å². The fourth-order valence-electron chi connectivity index (χ4n) is 7.49. The topological polar surface area (TPSA) is 112 Å². The van der Waals surface area contributed by atoms with Crippen LogP contribution in [0.15, 0.2) is 199 Å². The molecule has 8 nitrogen and oxygen atoms in total. The second-order valence-electron chi connectivity index (χ2n) is 13.1. The largest absolute Gasteiger partial charge is 0.476 e. The summed E-state index contributed by atoms with van der Waals surface area (Å²) in [4.78, 5) is 23.4. The van der Waals surface area contributed by atoms with Gasteiger partial charge in [0.2, 0.25) is 5.71 Å². The van der Waals surface area contributed by atoms with Crippen LogP contribution in [0.1, 0.15) is 50.3 Å². The van der Waals surface area contributed by atoms with E-state index in [9.17, 15) is 9.90 Å². The first-order valence-corrected chi connectivity index (χ1v) is 19.0. The average Bonchev–Trinajstić information content (AvgIpc) is 3.94. The molecule has 0 fully saturated rings. The number of carboxylic acids is 1. The molecule has 8 rings (SSSR count). The van der Waals surface area contributed by atoms with Gasteiger partial charge in [0, 0.05) is 10.9 Å². The van der Waals surface area contributed by atoms with Crippen LogP contribution in [0.3, 0.4) is 0 Å². The van der Waals surface area contributed by atoms with Crippen LogP contribution in [0.25, 0.3) is 0 Å². The number of carboxylic acid groups (broad SMARTS) is 1. The van der Waals surface area contributed by atoms with E-state index in [1.54, 1.807) is 11.6 Å². The number of oxime groups is 1. The van der Waals surface area contributed by atoms with Gasteiger partial charge < -0.3 is 15.3 Å². The molecule has 2 aromatic heterocycles. The van der Waals surface area contributed by atoms with Crippen molar-refractivity contribution in [3.63, 3.8) is 0 Å². The van der Waals surface area contributed by atoms with Gasteiger partial charge in [-0.2, -0.15) is 5.10 Å². The van der Waals surface area contributed by atoms with Gasteiger partial charge in [-0.25, -0.2) is 9.78 Å². The van der Waals surface area contributed by atoms with E-state index in [-0.39, 0.29) is 18.0 Å². The molecule has 0 radical (unpaired) electrons. The SMILES string of the molecule is O=C(O)C(=NOCc1cn[nH]c1C(c1ccccc1)(c1ccccc1)c1ccccc1)c1csc(NC(c2ccccc2)(c2ccccc2)c2ccccc2)n1. The molecule has 3 N–H and O–H groups in total. The predicted octanol–water partition coefficient (Wildman–Crippen LogP) is 9.66. The van der Waals surface area contributed by atoms with E-state index in [0.717, 1.165) is 39.1 Å². The zero-order valence-electron chi connectivity index (χ0n) is 30.2. The lowest BCUT2D eigenvalue weighted by molar-refractivity contribution is -0.129. The Kier molecular flexibility index (Phi) is 10.3. The zero-order valence-corrected chi connectivity index (χ0v) is 31.0. The molecular formula is C47H37N5O3S. The summed E-state index contributed by atoms with van der Waals surface area (Å²) in [7, 11) is 0. The van der Waals surface area contributed by atoms with Gasteiger partial charge in [-0.3, -0.25) is 5.10 Å². The van der Waals surface area contributed by atoms with Gasteiger partial charge in [-0.05, 0) is 33.4 Å². The maximum absolute atomic E-state index is 12.7. The smallest absolute Gasteiger partial charge is 0.360 e. The van der Waals surface area contributed by atoms with Crippen molar-refractivity contribution in [3.05, 3.63) is 244 Å². The van der Waals surface area contributed by atoms with Crippen LogP contribution in [0, 0.1) is 0 Å². The van der Waals surface area contributed by atoms with E-state index in [1.807, 2.05) is 109 Å². The maximum Gasteiger partial charge on any atom is 0.360 e. The summed E-state index contributed by atoms with van der Waals surface area (Å²) in [6, 6.07) is 61.1. The van der Waals surface area contributed by atoms with Crippen LogP contribution in [-0.4, -0.2) is 32.0 Å². The fraction of sp³-hybridized carbons (Fsp3) is 0.0638. The Morgan fingerprint density at radius 2 is 1.05 bits per heavy atom. The highest BCUT2D eigenvalue weighted by molar-refractivity contribution is 7.14. The molecule has 56 heavy (non-hydrogen) atoms. The normalized spacial score (nSPS) is 11.9. The minimum atomic E-state index is -1.26. The van der Waals surface area contributed by atoms with Gasteiger partial charge in [-0.1, -0.05) is 187 Å². The second kappa shape index (κ2) is 16.1. The minimum Gasteiger partial charge on any atom is -0.476 e. The van der Waals surface area contributed by atoms with E-state index in [0.29, 0.717) is 10.7 Å². The molecule has 0 saturated heterocycles. The summed E-state index contributed by atoms with van der Waals surface area (Å²) < 4.78 is 0. The highest BCUT2D eigenvalue weighted by atomic mass is 32.1. The molecule has 9 heteroatoms. The van der Waals surface area contributed by atoms with Crippen molar-refractivity contribution in [2.75, 3.05) is 5.32 Å². The highest BCUT2D eigenvalue weighted by Crippen LogP contribution is 2.46. The number of aliphatic carboxylic acids is 1. The van der Waals surface area contributed by atoms with E-state index >= 15 is 0 Å². The van der Waals surface area contributed by atoms with Crippen molar-refractivity contribution in [3.8, 4) is 0 Å². The standard InChI is InChI=1S/C47H37N5O3S/c53-44(54)42(41-33-56-45(49-41)50-47(38-25-13-4-14-26-38,39-27-15-5-16-28-39)40-29-17-6-18-30-40)52-55-32-34-31-48-51-43(34)46(35-19-7-1-8-20-35,36-21-9-2-10-22-36)37-23-11-3-12-24-37/h1-31,33H,32H2,(H,48,51)(H,49,50)(H,53,54). The first kappa shape index (κ1) is 35.9. The first-order valence-electron chi connectivity index (χ1n) is 18.1. The van der Waals surface area contributed by atoms with Crippen LogP contribution >= 0.6 is 11.3 Å². The molecule has 0 aliphatic heterocycles. The molecule has 0 spiro atoms. The molecule has 8 aromatic rings. The third kappa shape index (κ3) is 6.76. The van der Waals surface area contributed by atoms with Gasteiger partial charge in [-0.15, -0.1) is 11.3 Å². The van der Waals surface area contributed by atoms with Gasteiger partial charge >= 0.3 is 5.97 Å². The lowest BCUT2D eigenvalue weighted by Gasteiger charge is -2.36. The first-order chi connectivity index (χ1) is 27.6. The molecule has 274 valence electrons. The van der Waals surface area contributed by atoms with Crippen LogP contribution in [0.5, 0.6) is 0 Å². The summed E-state index contributed by atoms with van der Waals surface area (Å²) in [5.74, 6) is -1.26. The Hall–Kier alpha value is -7.10. The summed E-state index contributed by atoms with van der Waals surface area (Å²) >= 11 is 1.30. The zero-order chi connectivity index (χ0) is 38.2. The Labute approximate surface area is 328 Å². The number of rotatable bonds is 14. The van der Waals surface area contributed by atoms with E-state index < -0.39 is 16.9 Å². The number of H-pyrrole nitrogens is 1. The monoisotopic (exact) mass is 751 g/mol. The second-order valence-corrected chi connectivity index (χ2v) is 14.0. The number of hydrogen-bond donors (Lipinski definition) is 3. The van der Waals surface area contributed by atoms with Crippen LogP contribution in [0.4, 0.5) is 5.13 Å². The number of aromatic nitrogens is 3. The highest BCUT2D eigenvalue weighted by Gasteiger charge is 2.42. The van der Waals surface area contributed by atoms with Gasteiger partial charge in [0.1, 0.15) is 17.8 Å². The number of aromatic amines is 1. The number of nitrogens with zero attached hydrogens (tertiary/aromatic N) is 3. The Morgan fingerprint density at radius 1 is 0.643 bits per heavy atom.